The monoisotopic (exact) mass is 541 g/mol. The van der Waals surface area contributed by atoms with Crippen molar-refractivity contribution in [2.24, 2.45) is 5.73 Å². The lowest BCUT2D eigenvalue weighted by Gasteiger charge is -2.34. The molecule has 38 heavy (non-hydrogen) atoms. The second-order valence-corrected chi connectivity index (χ2v) is 10.0. The van der Waals surface area contributed by atoms with Gasteiger partial charge in [0.2, 0.25) is 5.91 Å². The molecule has 0 fully saturated rings. The number of ether oxygens (including phenoxy) is 3. The largest absolute Gasteiger partial charge is 0.495 e. The molecule has 3 amide bonds. The molecule has 0 aliphatic rings. The number of para-hydroxylation sites is 2. The third kappa shape index (κ3) is 5.80. The Bertz CT molecular complexity index is 1350. The molecule has 1 heterocycles. The normalized spacial score (nSPS) is 11.8. The third-order valence-electron chi connectivity index (χ3n) is 5.45. The van der Waals surface area contributed by atoms with Gasteiger partial charge in [-0.2, -0.15) is 4.37 Å². The summed E-state index contributed by atoms with van der Waals surface area (Å²) in [6.45, 7) is 5.48. The number of hydrogen-bond donors (Lipinski definition) is 3. The van der Waals surface area contributed by atoms with Crippen LogP contribution in [0.4, 0.5) is 11.4 Å². The van der Waals surface area contributed by atoms with Crippen LogP contribution in [-0.2, 0) is 4.79 Å². The van der Waals surface area contributed by atoms with Crippen LogP contribution in [-0.4, -0.2) is 49.0 Å². The Balaban J connectivity index is 2.33. The fourth-order valence-corrected chi connectivity index (χ4v) is 4.55. The molecule has 0 bridgehead atoms. The predicted molar refractivity (Wildman–Crippen MR) is 145 cm³/mol. The standard InChI is InChI=1S/C26H31N5O6S/c1-26(2,3)29-24(33)21(14-11-12-17(36-5)18(13-14)37-6)31(15-9-7-8-10-16(15)35-4)25(34)22-19(27)20(23(28)32)30-38-22/h7-13,21H,27H2,1-6H3,(H2,28,32)(H,29,33)/t21-/m1/s1. The number of carbonyl (C=O) groups is 3. The number of nitrogens with two attached hydrogens (primary N) is 2. The van der Waals surface area contributed by atoms with E-state index in [1.165, 1.54) is 26.2 Å². The molecule has 1 atom stereocenters. The average molecular weight is 542 g/mol. The minimum absolute atomic E-state index is 0.0567. The van der Waals surface area contributed by atoms with Crippen LogP contribution in [0.5, 0.6) is 17.2 Å². The number of carbonyl (C=O) groups excluding carboxylic acids is 3. The maximum atomic E-state index is 14.2. The average Bonchev–Trinajstić information content (AvgIpc) is 3.26. The number of nitrogens with one attached hydrogen (secondary N) is 1. The van der Waals surface area contributed by atoms with Gasteiger partial charge < -0.3 is 31.0 Å². The summed E-state index contributed by atoms with van der Waals surface area (Å²) in [5, 5.41) is 2.95. The first-order valence-corrected chi connectivity index (χ1v) is 12.3. The van der Waals surface area contributed by atoms with Crippen molar-refractivity contribution in [1.29, 1.82) is 0 Å². The number of hydrogen-bond acceptors (Lipinski definition) is 9. The van der Waals surface area contributed by atoms with Gasteiger partial charge in [0, 0.05) is 5.54 Å². The molecule has 0 saturated carbocycles. The van der Waals surface area contributed by atoms with E-state index in [1.807, 2.05) is 20.8 Å². The number of aromatic nitrogens is 1. The zero-order valence-corrected chi connectivity index (χ0v) is 22.8. The number of methoxy groups -OCH3 is 3. The Hall–Kier alpha value is -4.32. The van der Waals surface area contributed by atoms with Crippen molar-refractivity contribution >= 4 is 40.6 Å². The van der Waals surface area contributed by atoms with Gasteiger partial charge in [-0.05, 0) is 62.1 Å². The first-order valence-electron chi connectivity index (χ1n) is 11.5. The van der Waals surface area contributed by atoms with E-state index in [1.54, 1.807) is 42.5 Å². The third-order valence-corrected chi connectivity index (χ3v) is 6.30. The van der Waals surface area contributed by atoms with Gasteiger partial charge in [0.1, 0.15) is 16.7 Å². The molecule has 1 aromatic heterocycles. The van der Waals surface area contributed by atoms with Gasteiger partial charge in [-0.3, -0.25) is 19.3 Å². The van der Waals surface area contributed by atoms with E-state index in [-0.39, 0.29) is 21.9 Å². The first-order chi connectivity index (χ1) is 17.9. The van der Waals surface area contributed by atoms with Crippen molar-refractivity contribution in [3.8, 4) is 17.2 Å². The topological polar surface area (TPSA) is 159 Å². The molecule has 3 rings (SSSR count). The molecule has 202 valence electrons. The number of amides is 3. The van der Waals surface area contributed by atoms with E-state index < -0.39 is 29.3 Å². The number of nitrogen functional groups attached to an aromatic ring is 1. The summed E-state index contributed by atoms with van der Waals surface area (Å²) in [7, 11) is 4.42. The summed E-state index contributed by atoms with van der Waals surface area (Å²) in [5.74, 6) is -0.904. The first kappa shape index (κ1) is 28.3. The molecule has 0 saturated heterocycles. The highest BCUT2D eigenvalue weighted by atomic mass is 32.1. The fraction of sp³-hybridized carbons (Fsp3) is 0.308. The van der Waals surface area contributed by atoms with Crippen molar-refractivity contribution in [2.75, 3.05) is 32.0 Å². The molecular formula is C26H31N5O6S. The lowest BCUT2D eigenvalue weighted by Crippen LogP contribution is -2.49. The van der Waals surface area contributed by atoms with Crippen molar-refractivity contribution in [3.63, 3.8) is 0 Å². The molecule has 3 aromatic rings. The lowest BCUT2D eigenvalue weighted by atomic mass is 9.99. The van der Waals surface area contributed by atoms with Gasteiger partial charge in [-0.15, -0.1) is 0 Å². The van der Waals surface area contributed by atoms with Crippen molar-refractivity contribution < 1.29 is 28.6 Å². The van der Waals surface area contributed by atoms with Gasteiger partial charge in [-0.25, -0.2) is 0 Å². The molecule has 2 aromatic carbocycles. The van der Waals surface area contributed by atoms with Crippen LogP contribution in [0.2, 0.25) is 0 Å². The Labute approximate surface area is 224 Å². The van der Waals surface area contributed by atoms with E-state index in [4.69, 9.17) is 25.7 Å². The summed E-state index contributed by atoms with van der Waals surface area (Å²) in [4.78, 5) is 41.1. The van der Waals surface area contributed by atoms with E-state index in [2.05, 4.69) is 9.69 Å². The van der Waals surface area contributed by atoms with Crippen molar-refractivity contribution in [2.45, 2.75) is 32.4 Å². The molecule has 0 aliphatic carbocycles. The van der Waals surface area contributed by atoms with Crippen LogP contribution in [0, 0.1) is 0 Å². The number of rotatable bonds is 9. The fourth-order valence-electron chi connectivity index (χ4n) is 3.81. The second kappa shape index (κ2) is 11.4. The smallest absolute Gasteiger partial charge is 0.273 e. The SMILES string of the molecule is COc1ccc([C@H](C(=O)NC(C)(C)C)N(C(=O)c2snc(C(N)=O)c2N)c2ccccc2OC)cc1OC. The van der Waals surface area contributed by atoms with E-state index in [9.17, 15) is 14.4 Å². The Morgan fingerprint density at radius 2 is 1.61 bits per heavy atom. The van der Waals surface area contributed by atoms with Crippen molar-refractivity contribution in [1.82, 2.24) is 9.69 Å². The van der Waals surface area contributed by atoms with Crippen molar-refractivity contribution in [3.05, 3.63) is 58.6 Å². The zero-order chi connectivity index (χ0) is 28.2. The summed E-state index contributed by atoms with van der Waals surface area (Å²) in [6, 6.07) is 10.4. The quantitative estimate of drug-likeness (QED) is 0.373. The summed E-state index contributed by atoms with van der Waals surface area (Å²) in [6.07, 6.45) is 0. The van der Waals surface area contributed by atoms with Crippen LogP contribution in [0.25, 0.3) is 0 Å². The molecule has 0 unspecified atom stereocenters. The van der Waals surface area contributed by atoms with Gasteiger partial charge in [-0.1, -0.05) is 18.2 Å². The Morgan fingerprint density at radius 3 is 2.16 bits per heavy atom. The highest BCUT2D eigenvalue weighted by molar-refractivity contribution is 7.09. The van der Waals surface area contributed by atoms with Gasteiger partial charge in [0.05, 0.1) is 32.7 Å². The minimum atomic E-state index is -1.23. The molecule has 5 N–H and O–H groups in total. The summed E-state index contributed by atoms with van der Waals surface area (Å²) < 4.78 is 20.3. The molecule has 0 aliphatic heterocycles. The van der Waals surface area contributed by atoms with Gasteiger partial charge in [0.25, 0.3) is 11.8 Å². The number of nitrogens with zero attached hydrogens (tertiary/aromatic N) is 2. The Kier molecular flexibility index (Phi) is 8.46. The zero-order valence-electron chi connectivity index (χ0n) is 22.0. The number of anilines is 2. The molecule has 12 heteroatoms. The minimum Gasteiger partial charge on any atom is -0.495 e. The van der Waals surface area contributed by atoms with Crippen LogP contribution in [0.1, 0.15) is 52.5 Å². The highest BCUT2D eigenvalue weighted by Gasteiger charge is 2.38. The summed E-state index contributed by atoms with van der Waals surface area (Å²) in [5.41, 5.74) is 11.2. The predicted octanol–water partition coefficient (Wildman–Crippen LogP) is 3.15. The van der Waals surface area contributed by atoms with Gasteiger partial charge in [0.15, 0.2) is 17.2 Å². The van der Waals surface area contributed by atoms with Gasteiger partial charge >= 0.3 is 0 Å². The van der Waals surface area contributed by atoms with E-state index in [0.29, 0.717) is 34.3 Å². The number of benzene rings is 2. The molecule has 0 spiro atoms. The highest BCUT2D eigenvalue weighted by Crippen LogP contribution is 2.40. The molecule has 0 radical (unpaired) electrons. The van der Waals surface area contributed by atoms with E-state index in [0.717, 1.165) is 0 Å². The number of primary amides is 1. The molecular weight excluding hydrogens is 510 g/mol. The Morgan fingerprint density at radius 1 is 0.974 bits per heavy atom. The van der Waals surface area contributed by atoms with Crippen LogP contribution >= 0.6 is 11.5 Å². The second-order valence-electron chi connectivity index (χ2n) is 9.24. The van der Waals surface area contributed by atoms with Crippen LogP contribution in [0.3, 0.4) is 0 Å². The van der Waals surface area contributed by atoms with Crippen LogP contribution in [0.15, 0.2) is 42.5 Å². The maximum absolute atomic E-state index is 14.2. The lowest BCUT2D eigenvalue weighted by molar-refractivity contribution is -0.123. The van der Waals surface area contributed by atoms with Crippen LogP contribution < -0.4 is 35.9 Å². The summed E-state index contributed by atoms with van der Waals surface area (Å²) >= 11 is 0.716. The van der Waals surface area contributed by atoms with E-state index >= 15 is 0 Å². The maximum Gasteiger partial charge on any atom is 0.273 e. The molecule has 11 nitrogen and oxygen atoms in total.